The van der Waals surface area contributed by atoms with Crippen molar-refractivity contribution in [2.24, 2.45) is 0 Å². The van der Waals surface area contributed by atoms with Crippen LogP contribution in [0.15, 0.2) is 53.7 Å². The lowest BCUT2D eigenvalue weighted by Crippen LogP contribution is -2.42. The van der Waals surface area contributed by atoms with Crippen molar-refractivity contribution >= 4 is 28.7 Å². The molecule has 1 amide bonds. The van der Waals surface area contributed by atoms with E-state index in [-0.39, 0.29) is 18.0 Å². The first-order valence-corrected chi connectivity index (χ1v) is 10.4. The maximum absolute atomic E-state index is 12.5. The molecule has 6 heteroatoms. The average Bonchev–Trinajstić information content (AvgIpc) is 2.96. The van der Waals surface area contributed by atoms with Crippen LogP contribution in [-0.2, 0) is 11.3 Å². The molecule has 148 valence electrons. The van der Waals surface area contributed by atoms with Gasteiger partial charge in [0.25, 0.3) is 0 Å². The molecule has 0 aliphatic rings. The van der Waals surface area contributed by atoms with E-state index in [1.54, 1.807) is 11.8 Å². The number of hydrogen-bond donors (Lipinski definition) is 1. The molecule has 5 nitrogen and oxygen atoms in total. The van der Waals surface area contributed by atoms with Gasteiger partial charge in [-0.3, -0.25) is 4.79 Å². The average molecular weight is 398 g/mol. The standard InChI is InChI=1S/C22H27N3O2S/c1-16-9-11-17(12-10-16)27-13-14-28-21-23-18-7-5-6-8-19(18)25(21)15-20(26)24-22(2,3)4/h5-12H,13-15H2,1-4H3,(H,24,26). The fraction of sp³-hybridized carbons (Fsp3) is 0.364. The first-order valence-electron chi connectivity index (χ1n) is 9.40. The number of carbonyl (C=O) groups excluding carboxylic acids is 1. The van der Waals surface area contributed by atoms with Crippen LogP contribution in [0.5, 0.6) is 5.75 Å². The number of rotatable bonds is 7. The van der Waals surface area contributed by atoms with E-state index >= 15 is 0 Å². The molecule has 0 saturated heterocycles. The summed E-state index contributed by atoms with van der Waals surface area (Å²) in [5.74, 6) is 1.59. The minimum Gasteiger partial charge on any atom is -0.493 e. The van der Waals surface area contributed by atoms with Gasteiger partial charge in [-0.1, -0.05) is 41.6 Å². The van der Waals surface area contributed by atoms with Crippen molar-refractivity contribution < 1.29 is 9.53 Å². The third-order valence-electron chi connectivity index (χ3n) is 4.04. The molecule has 0 radical (unpaired) electrons. The number of amides is 1. The van der Waals surface area contributed by atoms with Crippen LogP contribution in [0.25, 0.3) is 11.0 Å². The van der Waals surface area contributed by atoms with Crippen molar-refractivity contribution in [3.63, 3.8) is 0 Å². The number of ether oxygens (including phenoxy) is 1. The molecule has 3 rings (SSSR count). The Morgan fingerprint density at radius 3 is 2.57 bits per heavy atom. The molecule has 1 aromatic heterocycles. The largest absolute Gasteiger partial charge is 0.493 e. The van der Waals surface area contributed by atoms with Gasteiger partial charge < -0.3 is 14.6 Å². The van der Waals surface area contributed by atoms with Crippen molar-refractivity contribution in [1.29, 1.82) is 0 Å². The summed E-state index contributed by atoms with van der Waals surface area (Å²) in [6.45, 7) is 8.82. The van der Waals surface area contributed by atoms with Crippen molar-refractivity contribution in [1.82, 2.24) is 14.9 Å². The second kappa shape index (κ2) is 8.69. The van der Waals surface area contributed by atoms with E-state index in [1.165, 1.54) is 5.56 Å². The smallest absolute Gasteiger partial charge is 0.240 e. The number of aromatic nitrogens is 2. The van der Waals surface area contributed by atoms with E-state index in [2.05, 4.69) is 12.2 Å². The molecule has 0 bridgehead atoms. The summed E-state index contributed by atoms with van der Waals surface area (Å²) in [5, 5.41) is 3.85. The summed E-state index contributed by atoms with van der Waals surface area (Å²) < 4.78 is 7.79. The molecule has 0 aliphatic carbocycles. The summed E-state index contributed by atoms with van der Waals surface area (Å²) >= 11 is 1.60. The summed E-state index contributed by atoms with van der Waals surface area (Å²) in [6.07, 6.45) is 0. The van der Waals surface area contributed by atoms with Crippen LogP contribution in [0.1, 0.15) is 26.3 Å². The number of hydrogen-bond acceptors (Lipinski definition) is 4. The first kappa shape index (κ1) is 20.3. The molecule has 0 fully saturated rings. The SMILES string of the molecule is Cc1ccc(OCCSc2nc3ccccc3n2CC(=O)NC(C)(C)C)cc1. The Balaban J connectivity index is 1.67. The van der Waals surface area contributed by atoms with Gasteiger partial charge in [0.15, 0.2) is 5.16 Å². The van der Waals surface area contributed by atoms with Crippen LogP contribution < -0.4 is 10.1 Å². The monoisotopic (exact) mass is 397 g/mol. The lowest BCUT2D eigenvalue weighted by Gasteiger charge is -2.21. The maximum atomic E-state index is 12.5. The summed E-state index contributed by atoms with van der Waals surface area (Å²) in [4.78, 5) is 17.2. The highest BCUT2D eigenvalue weighted by atomic mass is 32.2. The number of carbonyl (C=O) groups is 1. The molecule has 0 aliphatic heterocycles. The molecule has 3 aromatic rings. The highest BCUT2D eigenvalue weighted by Gasteiger charge is 2.18. The van der Waals surface area contributed by atoms with Crippen LogP contribution in [0.2, 0.25) is 0 Å². The number of nitrogens with one attached hydrogen (secondary N) is 1. The lowest BCUT2D eigenvalue weighted by molar-refractivity contribution is -0.123. The molecule has 1 heterocycles. The van der Waals surface area contributed by atoms with Gasteiger partial charge in [0.2, 0.25) is 5.91 Å². The predicted octanol–water partition coefficient (Wildman–Crippen LogP) is 4.43. The third-order valence-corrected chi connectivity index (χ3v) is 4.98. The maximum Gasteiger partial charge on any atom is 0.240 e. The van der Waals surface area contributed by atoms with Gasteiger partial charge in [0.1, 0.15) is 12.3 Å². The third kappa shape index (κ3) is 5.52. The summed E-state index contributed by atoms with van der Waals surface area (Å²) in [7, 11) is 0. The van der Waals surface area contributed by atoms with Crippen LogP contribution in [-0.4, -0.2) is 33.4 Å². The van der Waals surface area contributed by atoms with Gasteiger partial charge in [0.05, 0.1) is 17.6 Å². The first-order chi connectivity index (χ1) is 13.3. The van der Waals surface area contributed by atoms with Gasteiger partial charge in [-0.15, -0.1) is 0 Å². The normalized spacial score (nSPS) is 11.6. The fourth-order valence-corrected chi connectivity index (χ4v) is 3.68. The van der Waals surface area contributed by atoms with Gasteiger partial charge in [0, 0.05) is 11.3 Å². The van der Waals surface area contributed by atoms with E-state index in [0.29, 0.717) is 6.61 Å². The van der Waals surface area contributed by atoms with Crippen molar-refractivity contribution in [2.45, 2.75) is 44.9 Å². The van der Waals surface area contributed by atoms with Gasteiger partial charge in [-0.2, -0.15) is 0 Å². The molecule has 2 aromatic carbocycles. The molecule has 0 atom stereocenters. The Hall–Kier alpha value is -2.47. The summed E-state index contributed by atoms with van der Waals surface area (Å²) in [5.41, 5.74) is 2.81. The highest BCUT2D eigenvalue weighted by molar-refractivity contribution is 7.99. The Morgan fingerprint density at radius 1 is 1.14 bits per heavy atom. The number of benzene rings is 2. The van der Waals surface area contributed by atoms with E-state index in [1.807, 2.05) is 73.9 Å². The Kier molecular flexibility index (Phi) is 6.29. The number of aryl methyl sites for hydroxylation is 1. The minimum absolute atomic E-state index is 0.0200. The Bertz CT molecular complexity index is 943. The van der Waals surface area contributed by atoms with Crippen LogP contribution in [0, 0.1) is 6.92 Å². The lowest BCUT2D eigenvalue weighted by atomic mass is 10.1. The van der Waals surface area contributed by atoms with Crippen LogP contribution in [0.4, 0.5) is 0 Å². The van der Waals surface area contributed by atoms with E-state index in [9.17, 15) is 4.79 Å². The van der Waals surface area contributed by atoms with Crippen LogP contribution >= 0.6 is 11.8 Å². The molecular weight excluding hydrogens is 370 g/mol. The number of fused-ring (bicyclic) bond motifs is 1. The van der Waals surface area contributed by atoms with Gasteiger partial charge in [-0.25, -0.2) is 4.98 Å². The minimum atomic E-state index is -0.261. The van der Waals surface area contributed by atoms with Crippen LogP contribution in [0.3, 0.4) is 0 Å². The summed E-state index contributed by atoms with van der Waals surface area (Å²) in [6, 6.07) is 15.9. The second-order valence-corrected chi connectivity index (χ2v) is 8.84. The molecule has 1 N–H and O–H groups in total. The zero-order valence-corrected chi connectivity index (χ0v) is 17.7. The molecular formula is C22H27N3O2S. The van der Waals surface area contributed by atoms with E-state index in [4.69, 9.17) is 9.72 Å². The number of imidazole rings is 1. The molecule has 0 saturated carbocycles. The van der Waals surface area contributed by atoms with Crippen molar-refractivity contribution in [3.05, 3.63) is 54.1 Å². The zero-order chi connectivity index (χ0) is 20.1. The van der Waals surface area contributed by atoms with Crippen molar-refractivity contribution in [2.75, 3.05) is 12.4 Å². The number of thioether (sulfide) groups is 1. The van der Waals surface area contributed by atoms with Gasteiger partial charge in [-0.05, 0) is 52.0 Å². The molecule has 0 spiro atoms. The predicted molar refractivity (Wildman–Crippen MR) is 115 cm³/mol. The number of para-hydroxylation sites is 2. The molecule has 28 heavy (non-hydrogen) atoms. The van der Waals surface area contributed by atoms with Crippen molar-refractivity contribution in [3.8, 4) is 5.75 Å². The van der Waals surface area contributed by atoms with Gasteiger partial charge >= 0.3 is 0 Å². The quantitative estimate of drug-likeness (QED) is 0.473. The van der Waals surface area contributed by atoms with E-state index < -0.39 is 0 Å². The highest BCUT2D eigenvalue weighted by Crippen LogP contribution is 2.24. The molecule has 0 unspecified atom stereocenters. The Morgan fingerprint density at radius 2 is 1.86 bits per heavy atom. The number of nitrogens with zero attached hydrogens (tertiary/aromatic N) is 2. The fourth-order valence-electron chi connectivity index (χ4n) is 2.84. The Labute approximate surface area is 170 Å². The van der Waals surface area contributed by atoms with E-state index in [0.717, 1.165) is 27.7 Å². The topological polar surface area (TPSA) is 56.2 Å². The zero-order valence-electron chi connectivity index (χ0n) is 16.9. The second-order valence-electron chi connectivity index (χ2n) is 7.78.